The molecule has 0 spiro atoms. The summed E-state index contributed by atoms with van der Waals surface area (Å²) in [6.07, 6.45) is 3.51. The van der Waals surface area contributed by atoms with Gasteiger partial charge in [0.05, 0.1) is 6.04 Å². The zero-order chi connectivity index (χ0) is 14.0. The van der Waals surface area contributed by atoms with Gasteiger partial charge in [-0.3, -0.25) is 4.90 Å². The summed E-state index contributed by atoms with van der Waals surface area (Å²) in [5, 5.41) is 0.776. The van der Waals surface area contributed by atoms with Crippen LogP contribution in [0, 0.1) is 0 Å². The average Bonchev–Trinajstić information content (AvgIpc) is 2.54. The van der Waals surface area contributed by atoms with E-state index in [1.54, 1.807) is 0 Å². The highest BCUT2D eigenvalue weighted by atomic mass is 79.9. The molecule has 0 aromatic heterocycles. The van der Waals surface area contributed by atoms with Crippen LogP contribution in [0.25, 0.3) is 0 Å². The van der Waals surface area contributed by atoms with Gasteiger partial charge in [-0.15, -0.1) is 0 Å². The lowest BCUT2D eigenvalue weighted by atomic mass is 9.95. The fraction of sp³-hybridized carbons (Fsp3) is 0.600. The zero-order valence-electron chi connectivity index (χ0n) is 11.6. The molecule has 1 aliphatic heterocycles. The maximum Gasteiger partial charge on any atom is 0.0513 e. The van der Waals surface area contributed by atoms with E-state index in [1.165, 1.54) is 18.4 Å². The van der Waals surface area contributed by atoms with Crippen LogP contribution in [0.1, 0.15) is 44.7 Å². The number of hydrogen-bond acceptors (Lipinski definition) is 2. The lowest BCUT2D eigenvalue weighted by Crippen LogP contribution is -2.43. The monoisotopic (exact) mass is 344 g/mol. The van der Waals surface area contributed by atoms with E-state index in [2.05, 4.69) is 40.7 Å². The number of benzene rings is 1. The molecule has 2 atom stereocenters. The molecule has 106 valence electrons. The highest BCUT2D eigenvalue weighted by molar-refractivity contribution is 9.10. The maximum absolute atomic E-state index is 6.45. The molecule has 4 heteroatoms. The molecule has 2 unspecified atom stereocenters. The second-order valence-electron chi connectivity index (χ2n) is 5.60. The molecule has 0 radical (unpaired) electrons. The predicted octanol–water partition coefficient (Wildman–Crippen LogP) is 4.37. The van der Waals surface area contributed by atoms with Crippen molar-refractivity contribution in [2.75, 3.05) is 6.54 Å². The Kier molecular flexibility index (Phi) is 5.29. The first kappa shape index (κ1) is 15.3. The van der Waals surface area contributed by atoms with Crippen LogP contribution in [-0.2, 0) is 0 Å². The van der Waals surface area contributed by atoms with E-state index >= 15 is 0 Å². The largest absolute Gasteiger partial charge is 0.326 e. The highest BCUT2D eigenvalue weighted by Gasteiger charge is 2.31. The summed E-state index contributed by atoms with van der Waals surface area (Å²) in [6.45, 7) is 5.59. The second kappa shape index (κ2) is 6.57. The minimum atomic E-state index is 0.166. The summed E-state index contributed by atoms with van der Waals surface area (Å²) >= 11 is 9.83. The third-order valence-corrected chi connectivity index (χ3v) is 4.86. The molecule has 1 fully saturated rings. The van der Waals surface area contributed by atoms with Crippen LogP contribution in [0.15, 0.2) is 22.7 Å². The summed E-state index contributed by atoms with van der Waals surface area (Å²) < 4.78 is 1.10. The van der Waals surface area contributed by atoms with E-state index < -0.39 is 0 Å². The van der Waals surface area contributed by atoms with Crippen molar-refractivity contribution >= 4 is 27.5 Å². The Bertz CT molecular complexity index is 436. The summed E-state index contributed by atoms with van der Waals surface area (Å²) in [7, 11) is 0. The normalized spacial score (nSPS) is 25.6. The molecule has 1 saturated heterocycles. The second-order valence-corrected chi connectivity index (χ2v) is 6.89. The minimum Gasteiger partial charge on any atom is -0.326 e. The van der Waals surface area contributed by atoms with Crippen LogP contribution in [-0.4, -0.2) is 23.5 Å². The van der Waals surface area contributed by atoms with Crippen molar-refractivity contribution in [3.63, 3.8) is 0 Å². The van der Waals surface area contributed by atoms with Crippen molar-refractivity contribution in [1.82, 2.24) is 4.90 Å². The van der Waals surface area contributed by atoms with Crippen LogP contribution in [0.2, 0.25) is 5.02 Å². The van der Waals surface area contributed by atoms with Crippen LogP contribution in [0.4, 0.5) is 0 Å². The van der Waals surface area contributed by atoms with E-state index in [1.807, 2.05) is 12.1 Å². The lowest BCUT2D eigenvalue weighted by Gasteiger charge is -2.37. The van der Waals surface area contributed by atoms with Gasteiger partial charge in [-0.25, -0.2) is 0 Å². The Morgan fingerprint density at radius 3 is 2.79 bits per heavy atom. The quantitative estimate of drug-likeness (QED) is 0.862. The molecule has 0 saturated carbocycles. The molecule has 2 N–H and O–H groups in total. The van der Waals surface area contributed by atoms with E-state index in [0.29, 0.717) is 6.04 Å². The summed E-state index contributed by atoms with van der Waals surface area (Å²) in [4.78, 5) is 2.51. The lowest BCUT2D eigenvalue weighted by molar-refractivity contribution is 0.143. The molecule has 1 aromatic carbocycles. The number of rotatable bonds is 2. The number of nitrogens with zero attached hydrogens (tertiary/aromatic N) is 1. The van der Waals surface area contributed by atoms with E-state index in [0.717, 1.165) is 22.5 Å². The first-order valence-corrected chi connectivity index (χ1v) is 8.14. The van der Waals surface area contributed by atoms with Gasteiger partial charge < -0.3 is 5.73 Å². The van der Waals surface area contributed by atoms with Gasteiger partial charge in [-0.1, -0.05) is 34.0 Å². The molecular formula is C15H22BrClN2. The predicted molar refractivity (Wildman–Crippen MR) is 85.6 cm³/mol. The number of likely N-dealkylation sites (tertiary alicyclic amines) is 1. The minimum absolute atomic E-state index is 0.166. The van der Waals surface area contributed by atoms with Crippen molar-refractivity contribution in [3.05, 3.63) is 33.3 Å². The molecule has 1 heterocycles. The molecule has 2 nitrogen and oxygen atoms in total. The van der Waals surface area contributed by atoms with E-state index in [-0.39, 0.29) is 12.1 Å². The first-order chi connectivity index (χ1) is 9.00. The number of nitrogens with two attached hydrogens (primary N) is 1. The molecule has 2 rings (SSSR count). The fourth-order valence-electron chi connectivity index (χ4n) is 2.95. The van der Waals surface area contributed by atoms with E-state index in [4.69, 9.17) is 17.3 Å². The highest BCUT2D eigenvalue weighted by Crippen LogP contribution is 2.36. The number of halogens is 2. The molecule has 0 aliphatic carbocycles. The maximum atomic E-state index is 6.45. The van der Waals surface area contributed by atoms with Gasteiger partial charge >= 0.3 is 0 Å². The van der Waals surface area contributed by atoms with Crippen molar-refractivity contribution in [3.8, 4) is 0 Å². The van der Waals surface area contributed by atoms with E-state index in [9.17, 15) is 0 Å². The molecule has 19 heavy (non-hydrogen) atoms. The van der Waals surface area contributed by atoms with Gasteiger partial charge in [0.1, 0.15) is 0 Å². The van der Waals surface area contributed by atoms with Gasteiger partial charge in [0.25, 0.3) is 0 Å². The Hall–Kier alpha value is -0.0900. The Balaban J connectivity index is 2.43. The molecule has 1 aliphatic rings. The van der Waals surface area contributed by atoms with Crippen LogP contribution < -0.4 is 5.73 Å². The van der Waals surface area contributed by atoms with Crippen LogP contribution in [0.3, 0.4) is 0 Å². The third-order valence-electron chi connectivity index (χ3n) is 3.91. The molecular weight excluding hydrogens is 324 g/mol. The van der Waals surface area contributed by atoms with Crippen LogP contribution >= 0.6 is 27.5 Å². The van der Waals surface area contributed by atoms with Gasteiger partial charge in [0.15, 0.2) is 0 Å². The van der Waals surface area contributed by atoms with Crippen molar-refractivity contribution < 1.29 is 0 Å². The zero-order valence-corrected chi connectivity index (χ0v) is 13.9. The summed E-state index contributed by atoms with van der Waals surface area (Å²) in [5.41, 5.74) is 7.67. The SMILES string of the molecule is CC(C)N1CCCCC(N)C1c1cc(Cl)ccc1Br. The van der Waals surface area contributed by atoms with Gasteiger partial charge in [-0.05, 0) is 57.0 Å². The molecule has 1 aromatic rings. The smallest absolute Gasteiger partial charge is 0.0513 e. The first-order valence-electron chi connectivity index (χ1n) is 6.97. The fourth-order valence-corrected chi connectivity index (χ4v) is 3.61. The van der Waals surface area contributed by atoms with Crippen molar-refractivity contribution in [1.29, 1.82) is 0 Å². The molecule has 0 bridgehead atoms. The Labute approximate surface area is 129 Å². The van der Waals surface area contributed by atoms with Gasteiger partial charge in [0.2, 0.25) is 0 Å². The average molecular weight is 346 g/mol. The molecule has 0 amide bonds. The summed E-state index contributed by atoms with van der Waals surface area (Å²) in [5.74, 6) is 0. The topological polar surface area (TPSA) is 29.3 Å². The standard InChI is InChI=1S/C15H22BrClN2/c1-10(2)19-8-4-3-5-14(18)15(19)12-9-11(17)6-7-13(12)16/h6-7,9-10,14-15H,3-5,8,18H2,1-2H3. The Morgan fingerprint density at radius 1 is 1.37 bits per heavy atom. The Morgan fingerprint density at radius 2 is 2.11 bits per heavy atom. The van der Waals surface area contributed by atoms with Gasteiger partial charge in [0, 0.05) is 21.6 Å². The van der Waals surface area contributed by atoms with Crippen LogP contribution in [0.5, 0.6) is 0 Å². The van der Waals surface area contributed by atoms with Gasteiger partial charge in [-0.2, -0.15) is 0 Å². The van der Waals surface area contributed by atoms with Crippen molar-refractivity contribution in [2.45, 2.75) is 51.2 Å². The summed E-state index contributed by atoms with van der Waals surface area (Å²) in [6, 6.07) is 6.89. The van der Waals surface area contributed by atoms with Crippen molar-refractivity contribution in [2.24, 2.45) is 5.73 Å². The third kappa shape index (κ3) is 3.52. The number of hydrogen-bond donors (Lipinski definition) is 1.